The Labute approximate surface area is 229 Å². The van der Waals surface area contributed by atoms with Gasteiger partial charge in [0.15, 0.2) is 5.78 Å². The SMILES string of the molecule is O=C(Nc1ccccc1C(F)(F)F)C(=O)N1CC2(CC2)C[C@H]1C(=O)NC(C[C@@H]1CCNC1=O)C(=O)COC(F)(F)F. The summed E-state index contributed by atoms with van der Waals surface area (Å²) in [7, 11) is 0. The molecule has 16 heteroatoms. The number of Topliss-reactive ketones (excluding diaryl/α,β-unsaturated/α-hetero) is 1. The third-order valence-electron chi connectivity index (χ3n) is 7.47. The summed E-state index contributed by atoms with van der Waals surface area (Å²) in [6.07, 6.45) is -8.73. The van der Waals surface area contributed by atoms with Crippen LogP contribution in [-0.4, -0.2) is 72.5 Å². The molecule has 0 aromatic heterocycles. The zero-order valence-electron chi connectivity index (χ0n) is 21.4. The molecule has 41 heavy (non-hydrogen) atoms. The molecule has 1 saturated carbocycles. The molecule has 1 spiro atoms. The largest absolute Gasteiger partial charge is 0.522 e. The molecule has 3 N–H and O–H groups in total. The van der Waals surface area contributed by atoms with Crippen molar-refractivity contribution in [2.75, 3.05) is 25.0 Å². The van der Waals surface area contributed by atoms with Crippen molar-refractivity contribution in [3.8, 4) is 0 Å². The Morgan fingerprint density at radius 1 is 1.10 bits per heavy atom. The minimum Gasteiger partial charge on any atom is -0.356 e. The highest BCUT2D eigenvalue weighted by Crippen LogP contribution is 2.55. The number of nitrogens with zero attached hydrogens (tertiary/aromatic N) is 1. The van der Waals surface area contributed by atoms with Gasteiger partial charge in [-0.05, 0) is 49.7 Å². The van der Waals surface area contributed by atoms with Crippen molar-refractivity contribution >= 4 is 35.1 Å². The van der Waals surface area contributed by atoms with Gasteiger partial charge in [0.05, 0.1) is 17.3 Å². The lowest BCUT2D eigenvalue weighted by Gasteiger charge is -2.26. The summed E-state index contributed by atoms with van der Waals surface area (Å²) >= 11 is 0. The molecule has 3 fully saturated rings. The monoisotopic (exact) mass is 592 g/mol. The second-order valence-corrected chi connectivity index (χ2v) is 10.4. The molecule has 1 unspecified atom stereocenters. The van der Waals surface area contributed by atoms with Gasteiger partial charge in [0.2, 0.25) is 11.8 Å². The maximum absolute atomic E-state index is 13.3. The van der Waals surface area contributed by atoms with Crippen molar-refractivity contribution in [1.29, 1.82) is 0 Å². The molecule has 4 rings (SSSR count). The molecule has 224 valence electrons. The lowest BCUT2D eigenvalue weighted by atomic mass is 9.95. The number of halogens is 6. The predicted octanol–water partition coefficient (Wildman–Crippen LogP) is 2.14. The van der Waals surface area contributed by atoms with Crippen molar-refractivity contribution in [1.82, 2.24) is 15.5 Å². The Morgan fingerprint density at radius 3 is 2.37 bits per heavy atom. The quantitative estimate of drug-likeness (QED) is 0.313. The molecule has 3 atom stereocenters. The van der Waals surface area contributed by atoms with E-state index in [4.69, 9.17) is 0 Å². The smallest absolute Gasteiger partial charge is 0.356 e. The van der Waals surface area contributed by atoms with Gasteiger partial charge in [-0.2, -0.15) is 13.2 Å². The van der Waals surface area contributed by atoms with E-state index in [9.17, 15) is 50.3 Å². The van der Waals surface area contributed by atoms with Crippen molar-refractivity contribution in [3.63, 3.8) is 0 Å². The first-order valence-corrected chi connectivity index (χ1v) is 12.7. The number of carbonyl (C=O) groups is 5. The maximum Gasteiger partial charge on any atom is 0.522 e. The normalized spacial score (nSPS) is 22.3. The van der Waals surface area contributed by atoms with Gasteiger partial charge in [-0.3, -0.25) is 28.7 Å². The van der Waals surface area contributed by atoms with E-state index in [2.05, 4.69) is 15.4 Å². The van der Waals surface area contributed by atoms with Crippen LogP contribution >= 0.6 is 0 Å². The fourth-order valence-corrected chi connectivity index (χ4v) is 5.14. The number of anilines is 1. The number of ketones is 1. The number of amides is 4. The summed E-state index contributed by atoms with van der Waals surface area (Å²) in [5.41, 5.74) is -2.36. The Hall–Kier alpha value is -3.69. The second kappa shape index (κ2) is 11.3. The molecule has 1 aromatic carbocycles. The zero-order chi connectivity index (χ0) is 30.2. The van der Waals surface area contributed by atoms with Crippen LogP contribution in [0.15, 0.2) is 24.3 Å². The highest BCUT2D eigenvalue weighted by atomic mass is 19.4. The molecule has 1 aliphatic carbocycles. The number of para-hydroxylation sites is 1. The summed E-state index contributed by atoms with van der Waals surface area (Å²) in [6, 6.07) is 1.11. The van der Waals surface area contributed by atoms with Crippen LogP contribution in [-0.2, 0) is 34.9 Å². The van der Waals surface area contributed by atoms with E-state index < -0.39 is 83.2 Å². The molecule has 0 radical (unpaired) electrons. The van der Waals surface area contributed by atoms with Crippen LogP contribution in [0.1, 0.15) is 37.7 Å². The van der Waals surface area contributed by atoms with Gasteiger partial charge in [-0.1, -0.05) is 12.1 Å². The van der Waals surface area contributed by atoms with E-state index in [0.29, 0.717) is 12.8 Å². The molecule has 1 aromatic rings. The fraction of sp³-hybridized carbons (Fsp3) is 0.560. The fourth-order valence-electron chi connectivity index (χ4n) is 5.14. The minimum absolute atomic E-state index is 0.0565. The predicted molar refractivity (Wildman–Crippen MR) is 127 cm³/mol. The number of likely N-dealkylation sites (tertiary alicyclic amines) is 1. The number of alkyl halides is 6. The van der Waals surface area contributed by atoms with Crippen molar-refractivity contribution in [3.05, 3.63) is 29.8 Å². The van der Waals surface area contributed by atoms with E-state index in [1.807, 2.05) is 5.32 Å². The van der Waals surface area contributed by atoms with E-state index in [0.717, 1.165) is 23.1 Å². The Bertz CT molecular complexity index is 1230. The summed E-state index contributed by atoms with van der Waals surface area (Å²) in [6.45, 7) is -1.21. The Kier molecular flexibility index (Phi) is 8.34. The first-order chi connectivity index (χ1) is 19.1. The van der Waals surface area contributed by atoms with Gasteiger partial charge < -0.3 is 20.9 Å². The van der Waals surface area contributed by atoms with Crippen molar-refractivity contribution < 1.29 is 55.1 Å². The van der Waals surface area contributed by atoms with Crippen molar-refractivity contribution in [2.45, 2.75) is 56.7 Å². The van der Waals surface area contributed by atoms with Crippen LogP contribution < -0.4 is 16.0 Å². The topological polar surface area (TPSA) is 134 Å². The Morgan fingerprint density at radius 2 is 1.78 bits per heavy atom. The molecular weight excluding hydrogens is 566 g/mol. The van der Waals surface area contributed by atoms with Crippen LogP contribution in [0.2, 0.25) is 0 Å². The average Bonchev–Trinajstić information content (AvgIpc) is 3.35. The number of hydrogen-bond acceptors (Lipinski definition) is 6. The minimum atomic E-state index is -5.12. The number of rotatable bonds is 8. The molecular formula is C25H26F6N4O6. The highest BCUT2D eigenvalue weighted by molar-refractivity contribution is 6.40. The summed E-state index contributed by atoms with van der Waals surface area (Å²) in [5, 5.41) is 6.78. The number of carbonyl (C=O) groups excluding carboxylic acids is 5. The Balaban J connectivity index is 1.50. The highest BCUT2D eigenvalue weighted by Gasteiger charge is 2.56. The maximum atomic E-state index is 13.3. The second-order valence-electron chi connectivity index (χ2n) is 10.4. The van der Waals surface area contributed by atoms with Gasteiger partial charge in [-0.25, -0.2) is 0 Å². The summed E-state index contributed by atoms with van der Waals surface area (Å²) in [5.74, 6) is -6.04. The van der Waals surface area contributed by atoms with Gasteiger partial charge >= 0.3 is 24.4 Å². The standard InChI is InChI=1S/C25H26F6N4O6/c26-24(27,28)14-3-1-2-4-15(14)33-21(39)22(40)35-12-23(6-7-23)10-17(35)20(38)34-16(9-13-5-8-32-19(13)37)18(36)11-41-25(29,30)31/h1-4,13,16-17H,5-12H2,(H,32,37)(H,33,39)(H,34,38)/t13-,16?,17-/m0/s1. The van der Waals surface area contributed by atoms with Gasteiger partial charge in [0, 0.05) is 19.0 Å². The lowest BCUT2D eigenvalue weighted by molar-refractivity contribution is -0.321. The summed E-state index contributed by atoms with van der Waals surface area (Å²) in [4.78, 5) is 64.6. The molecule has 2 saturated heterocycles. The van der Waals surface area contributed by atoms with Crippen LogP contribution in [0, 0.1) is 11.3 Å². The number of benzene rings is 1. The van der Waals surface area contributed by atoms with Crippen LogP contribution in [0.25, 0.3) is 0 Å². The van der Waals surface area contributed by atoms with Gasteiger partial charge in [0.25, 0.3) is 0 Å². The van der Waals surface area contributed by atoms with E-state index in [1.54, 1.807) is 0 Å². The molecule has 2 heterocycles. The molecule has 10 nitrogen and oxygen atoms in total. The summed E-state index contributed by atoms with van der Waals surface area (Å²) < 4.78 is 81.2. The number of hydrogen-bond donors (Lipinski definition) is 3. The van der Waals surface area contributed by atoms with Gasteiger partial charge in [-0.15, -0.1) is 13.2 Å². The van der Waals surface area contributed by atoms with Crippen LogP contribution in [0.4, 0.5) is 32.0 Å². The number of nitrogens with one attached hydrogen (secondary N) is 3. The lowest BCUT2D eigenvalue weighted by Crippen LogP contribution is -2.53. The third-order valence-corrected chi connectivity index (χ3v) is 7.47. The van der Waals surface area contributed by atoms with Crippen LogP contribution in [0.3, 0.4) is 0 Å². The average molecular weight is 592 g/mol. The third kappa shape index (κ3) is 7.34. The number of ether oxygens (including phenoxy) is 1. The molecule has 4 amide bonds. The van der Waals surface area contributed by atoms with Gasteiger partial charge in [0.1, 0.15) is 12.6 Å². The molecule has 2 aliphatic heterocycles. The van der Waals surface area contributed by atoms with Crippen LogP contribution in [0.5, 0.6) is 0 Å². The first kappa shape index (κ1) is 30.3. The van der Waals surface area contributed by atoms with Crippen molar-refractivity contribution in [2.24, 2.45) is 11.3 Å². The van der Waals surface area contributed by atoms with E-state index in [-0.39, 0.29) is 32.4 Å². The van der Waals surface area contributed by atoms with E-state index in [1.165, 1.54) is 6.07 Å². The zero-order valence-corrected chi connectivity index (χ0v) is 21.4. The molecule has 0 bridgehead atoms. The molecule has 3 aliphatic rings. The van der Waals surface area contributed by atoms with E-state index >= 15 is 0 Å². The first-order valence-electron chi connectivity index (χ1n) is 12.7.